The molecule has 0 aromatic carbocycles. The molecule has 0 fully saturated rings. The van der Waals surface area contributed by atoms with Gasteiger partial charge in [0.15, 0.2) is 0 Å². The Morgan fingerprint density at radius 1 is 0.594 bits per heavy atom. The third-order valence-corrected chi connectivity index (χ3v) is 7.34. The van der Waals surface area contributed by atoms with Gasteiger partial charge in [0.2, 0.25) is 0 Å². The zero-order valence-electron chi connectivity index (χ0n) is 20.8. The van der Waals surface area contributed by atoms with E-state index in [0.29, 0.717) is 0 Å². The van der Waals surface area contributed by atoms with E-state index in [0.717, 1.165) is 0 Å². The zero-order valence-corrected chi connectivity index (χ0v) is 20.8. The van der Waals surface area contributed by atoms with Gasteiger partial charge in [0.25, 0.3) is 0 Å². The van der Waals surface area contributed by atoms with Gasteiger partial charge in [-0.3, -0.25) is 0 Å². The van der Waals surface area contributed by atoms with Crippen molar-refractivity contribution < 1.29 is 9.80 Å². The molecule has 4 bridgehead atoms. The highest BCUT2D eigenvalue weighted by molar-refractivity contribution is 5.18. The van der Waals surface area contributed by atoms with Crippen LogP contribution in [0.3, 0.4) is 0 Å². The van der Waals surface area contributed by atoms with E-state index in [9.17, 15) is 0 Å². The maximum absolute atomic E-state index is 2.53. The Morgan fingerprint density at radius 3 is 2.12 bits per heavy atom. The van der Waals surface area contributed by atoms with Crippen LogP contribution >= 0.6 is 0 Å². The summed E-state index contributed by atoms with van der Waals surface area (Å²) in [6.07, 6.45) is 41.0. The van der Waals surface area contributed by atoms with E-state index in [4.69, 9.17) is 0 Å². The third kappa shape index (κ3) is 11.0. The van der Waals surface area contributed by atoms with Crippen LogP contribution in [-0.2, 0) is 0 Å². The van der Waals surface area contributed by atoms with Crippen molar-refractivity contribution in [2.75, 3.05) is 26.2 Å². The summed E-state index contributed by atoms with van der Waals surface area (Å²) in [4.78, 5) is 3.35. The number of rotatable bonds is 0. The van der Waals surface area contributed by atoms with Crippen molar-refractivity contribution in [1.82, 2.24) is 0 Å². The SMILES string of the molecule is C1=C[NH+]2CCCCCCCCCCC3=C[NH+](CC=C3)CCCCCC=CCCCC(=C1)C2. The fraction of sp³-hybridized carbons (Fsp3) is 0.667. The average Bonchev–Trinajstić information content (AvgIpc) is 2.81. The van der Waals surface area contributed by atoms with E-state index in [1.807, 2.05) is 0 Å². The summed E-state index contributed by atoms with van der Waals surface area (Å²) in [6, 6.07) is 0. The van der Waals surface area contributed by atoms with Crippen LogP contribution in [0, 0.1) is 0 Å². The van der Waals surface area contributed by atoms with Gasteiger partial charge in [0.1, 0.15) is 13.1 Å². The Bertz CT molecular complexity index is 652. The van der Waals surface area contributed by atoms with E-state index in [-0.39, 0.29) is 0 Å². The molecular weight excluding hydrogens is 388 g/mol. The quantitative estimate of drug-likeness (QED) is 0.464. The van der Waals surface area contributed by atoms with Gasteiger partial charge in [0.05, 0.1) is 25.5 Å². The molecule has 0 amide bonds. The number of fused-ring (bicyclic) bond motifs is 3. The van der Waals surface area contributed by atoms with Crippen molar-refractivity contribution in [1.29, 1.82) is 0 Å². The first kappa shape index (κ1) is 25.2. The van der Waals surface area contributed by atoms with E-state index in [1.165, 1.54) is 129 Å². The summed E-state index contributed by atoms with van der Waals surface area (Å²) < 4.78 is 0. The van der Waals surface area contributed by atoms with Gasteiger partial charge in [-0.05, 0) is 88.4 Å². The first-order valence-corrected chi connectivity index (χ1v) is 14.0. The first-order valence-electron chi connectivity index (χ1n) is 14.0. The number of quaternary nitrogens is 2. The molecule has 3 aliphatic rings. The molecule has 2 nitrogen and oxygen atoms in total. The monoisotopic (exact) mass is 438 g/mol. The highest BCUT2D eigenvalue weighted by Crippen LogP contribution is 2.14. The van der Waals surface area contributed by atoms with E-state index >= 15 is 0 Å². The lowest BCUT2D eigenvalue weighted by Gasteiger charge is -2.19. The van der Waals surface area contributed by atoms with Crippen LogP contribution in [0.4, 0.5) is 0 Å². The molecule has 0 saturated carbocycles. The predicted molar refractivity (Wildman–Crippen MR) is 139 cm³/mol. The van der Waals surface area contributed by atoms with Crippen LogP contribution in [0.1, 0.15) is 103 Å². The molecule has 2 N–H and O–H groups in total. The number of allylic oxidation sites excluding steroid dienone is 6. The van der Waals surface area contributed by atoms with E-state index in [1.54, 1.807) is 20.9 Å². The number of hydrogen-bond acceptors (Lipinski definition) is 0. The van der Waals surface area contributed by atoms with Crippen molar-refractivity contribution >= 4 is 0 Å². The summed E-state index contributed by atoms with van der Waals surface area (Å²) in [7, 11) is 0. The Hall–Kier alpha value is -1.38. The van der Waals surface area contributed by atoms with Gasteiger partial charge in [-0.2, -0.15) is 0 Å². The molecule has 3 heterocycles. The largest absolute Gasteiger partial charge is 0.305 e. The molecular formula is C30H50N2+2. The summed E-state index contributed by atoms with van der Waals surface area (Å²) in [5.74, 6) is 0. The van der Waals surface area contributed by atoms with E-state index in [2.05, 4.69) is 48.9 Å². The lowest BCUT2D eigenvalue weighted by Crippen LogP contribution is -3.08. The Balaban J connectivity index is 1.39. The van der Waals surface area contributed by atoms with Crippen molar-refractivity contribution in [3.63, 3.8) is 0 Å². The molecule has 2 heteroatoms. The molecule has 178 valence electrons. The minimum atomic E-state index is 1.19. The standard InChI is InChI=1S/C30H48N2/c1-3-7-11-15-23-31-25-18-22-30(28-31)20-14-10-6-2-4-8-12-16-24-32-26-17-21-29(27-32)19-13-9-5-1/h1,5,17-18,21-22,26,28H,2-4,6-16,19-20,23-25,27H2/p+2. The topological polar surface area (TPSA) is 8.88 Å². The third-order valence-electron chi connectivity index (χ3n) is 7.34. The van der Waals surface area contributed by atoms with Crippen LogP contribution in [0.2, 0.25) is 0 Å². The molecule has 0 spiro atoms. The highest BCUT2D eigenvalue weighted by atomic mass is 15.1. The second-order valence-corrected chi connectivity index (χ2v) is 10.3. The fourth-order valence-electron chi connectivity index (χ4n) is 5.35. The smallest absolute Gasteiger partial charge is 0.103 e. The average molecular weight is 439 g/mol. The predicted octanol–water partition coefficient (Wildman–Crippen LogP) is 5.48. The van der Waals surface area contributed by atoms with E-state index < -0.39 is 0 Å². The molecule has 3 rings (SSSR count). The molecule has 0 aliphatic carbocycles. The lowest BCUT2D eigenvalue weighted by molar-refractivity contribution is -0.842. The van der Waals surface area contributed by atoms with Gasteiger partial charge in [-0.1, -0.05) is 56.4 Å². The van der Waals surface area contributed by atoms with Crippen LogP contribution < -0.4 is 9.80 Å². The second-order valence-electron chi connectivity index (χ2n) is 10.3. The molecule has 32 heavy (non-hydrogen) atoms. The molecule has 2 unspecified atom stereocenters. The maximum atomic E-state index is 2.53. The zero-order chi connectivity index (χ0) is 22.1. The van der Waals surface area contributed by atoms with Crippen molar-refractivity contribution in [2.24, 2.45) is 0 Å². The highest BCUT2D eigenvalue weighted by Gasteiger charge is 2.12. The Kier molecular flexibility index (Phi) is 12.8. The first-order chi connectivity index (χ1) is 15.9. The molecule has 0 saturated heterocycles. The van der Waals surface area contributed by atoms with Crippen LogP contribution in [0.15, 0.2) is 60.0 Å². The van der Waals surface area contributed by atoms with Gasteiger partial charge in [-0.25, -0.2) is 0 Å². The minimum Gasteiger partial charge on any atom is -0.305 e. The summed E-state index contributed by atoms with van der Waals surface area (Å²) in [5, 5.41) is 0. The molecule has 2 atom stereocenters. The molecule has 0 radical (unpaired) electrons. The van der Waals surface area contributed by atoms with Crippen LogP contribution in [-0.4, -0.2) is 26.2 Å². The maximum Gasteiger partial charge on any atom is 0.103 e. The van der Waals surface area contributed by atoms with Gasteiger partial charge in [-0.15, -0.1) is 0 Å². The van der Waals surface area contributed by atoms with Crippen molar-refractivity contribution in [3.05, 3.63) is 60.0 Å². The molecule has 3 aliphatic heterocycles. The Labute approximate surface area is 198 Å². The molecule has 0 aromatic rings. The number of hydrogen-bond donors (Lipinski definition) is 2. The normalized spacial score (nSPS) is 28.0. The van der Waals surface area contributed by atoms with Crippen molar-refractivity contribution in [2.45, 2.75) is 103 Å². The van der Waals surface area contributed by atoms with Gasteiger partial charge in [0, 0.05) is 5.57 Å². The minimum absolute atomic E-state index is 1.19. The summed E-state index contributed by atoms with van der Waals surface area (Å²) in [5.41, 5.74) is 3.24. The number of nitrogens with one attached hydrogen (secondary N) is 2. The second kappa shape index (κ2) is 16.3. The fourth-order valence-corrected chi connectivity index (χ4v) is 5.35. The molecule has 0 aromatic heterocycles. The van der Waals surface area contributed by atoms with Crippen LogP contribution in [0.25, 0.3) is 0 Å². The summed E-state index contributed by atoms with van der Waals surface area (Å²) >= 11 is 0. The van der Waals surface area contributed by atoms with Gasteiger partial charge < -0.3 is 9.80 Å². The van der Waals surface area contributed by atoms with Crippen LogP contribution in [0.5, 0.6) is 0 Å². The van der Waals surface area contributed by atoms with Crippen molar-refractivity contribution in [3.8, 4) is 0 Å². The van der Waals surface area contributed by atoms with Gasteiger partial charge >= 0.3 is 0 Å². The Morgan fingerprint density at radius 2 is 1.28 bits per heavy atom. The summed E-state index contributed by atoms with van der Waals surface area (Å²) in [6.45, 7) is 5.05. The lowest BCUT2D eigenvalue weighted by atomic mass is 10.0.